The van der Waals surface area contributed by atoms with Crippen LogP contribution >= 0.6 is 11.6 Å². The van der Waals surface area contributed by atoms with Crippen molar-refractivity contribution in [2.75, 3.05) is 13.1 Å². The van der Waals surface area contributed by atoms with Crippen LogP contribution in [0.15, 0.2) is 18.6 Å². The van der Waals surface area contributed by atoms with Crippen LogP contribution in [0.25, 0.3) is 0 Å². The summed E-state index contributed by atoms with van der Waals surface area (Å²) in [5.74, 6) is 0.937. The van der Waals surface area contributed by atoms with Crippen LogP contribution in [0.4, 0.5) is 0 Å². The number of aliphatic hydroxyl groups excluding tert-OH is 1. The molecule has 0 aliphatic carbocycles. The standard InChI is InChI=1S/C15H22ClN5O/c1-19-7-5-17-15(19)14(22)11-4-3-6-21(9-11)10-13-12(16)8-18-20(13)2/h5,7-8,11,14,22H,3-4,6,9-10H2,1-2H3/t11-,14-/m1/s1. The third-order valence-corrected chi connectivity index (χ3v) is 4.81. The first kappa shape index (κ1) is 15.5. The van der Waals surface area contributed by atoms with E-state index in [9.17, 15) is 5.11 Å². The number of aromatic nitrogens is 4. The molecule has 0 amide bonds. The van der Waals surface area contributed by atoms with Crippen LogP contribution in [0, 0.1) is 5.92 Å². The lowest BCUT2D eigenvalue weighted by molar-refractivity contribution is 0.0397. The summed E-state index contributed by atoms with van der Waals surface area (Å²) in [4.78, 5) is 6.62. The van der Waals surface area contributed by atoms with Gasteiger partial charge in [-0.1, -0.05) is 11.6 Å². The summed E-state index contributed by atoms with van der Waals surface area (Å²) in [7, 11) is 3.83. The number of hydrogen-bond acceptors (Lipinski definition) is 4. The molecule has 120 valence electrons. The van der Waals surface area contributed by atoms with Gasteiger partial charge in [-0.05, 0) is 19.4 Å². The van der Waals surface area contributed by atoms with Gasteiger partial charge >= 0.3 is 0 Å². The van der Waals surface area contributed by atoms with E-state index in [1.165, 1.54) is 0 Å². The maximum Gasteiger partial charge on any atom is 0.137 e. The topological polar surface area (TPSA) is 59.1 Å². The third-order valence-electron chi connectivity index (χ3n) is 4.50. The molecule has 2 atom stereocenters. The van der Waals surface area contributed by atoms with Crippen molar-refractivity contribution < 1.29 is 5.11 Å². The number of likely N-dealkylation sites (tertiary alicyclic amines) is 1. The summed E-state index contributed by atoms with van der Waals surface area (Å²) in [6.45, 7) is 2.62. The van der Waals surface area contributed by atoms with E-state index in [1.807, 2.05) is 29.5 Å². The molecule has 0 aromatic carbocycles. The maximum atomic E-state index is 10.6. The van der Waals surface area contributed by atoms with Crippen molar-refractivity contribution in [1.29, 1.82) is 0 Å². The fourth-order valence-corrected chi connectivity index (χ4v) is 3.42. The van der Waals surface area contributed by atoms with Crippen LogP contribution < -0.4 is 0 Å². The molecule has 22 heavy (non-hydrogen) atoms. The van der Waals surface area contributed by atoms with E-state index < -0.39 is 6.10 Å². The molecule has 0 radical (unpaired) electrons. The Kier molecular flexibility index (Phi) is 4.52. The summed E-state index contributed by atoms with van der Waals surface area (Å²) >= 11 is 6.19. The predicted octanol–water partition coefficient (Wildman–Crippen LogP) is 1.75. The Hall–Kier alpha value is -1.37. The van der Waals surface area contributed by atoms with Crippen LogP contribution in [0.3, 0.4) is 0 Å². The van der Waals surface area contributed by atoms with E-state index >= 15 is 0 Å². The number of rotatable bonds is 4. The number of imidazole rings is 1. The highest BCUT2D eigenvalue weighted by atomic mass is 35.5. The Morgan fingerprint density at radius 3 is 2.91 bits per heavy atom. The smallest absolute Gasteiger partial charge is 0.137 e. The van der Waals surface area contributed by atoms with Crippen molar-refractivity contribution in [3.05, 3.63) is 35.1 Å². The van der Waals surface area contributed by atoms with Crippen molar-refractivity contribution in [1.82, 2.24) is 24.2 Å². The van der Waals surface area contributed by atoms with Crippen LogP contribution in [0.1, 0.15) is 30.5 Å². The van der Waals surface area contributed by atoms with Gasteiger partial charge in [0.15, 0.2) is 0 Å². The Bertz CT molecular complexity index is 618. The highest BCUT2D eigenvalue weighted by Crippen LogP contribution is 2.30. The maximum absolute atomic E-state index is 10.6. The van der Waals surface area contributed by atoms with Crippen LogP contribution in [-0.2, 0) is 20.6 Å². The molecule has 1 saturated heterocycles. The molecule has 3 heterocycles. The molecular weight excluding hydrogens is 302 g/mol. The summed E-state index contributed by atoms with van der Waals surface area (Å²) < 4.78 is 3.71. The van der Waals surface area contributed by atoms with E-state index in [2.05, 4.69) is 15.0 Å². The Morgan fingerprint density at radius 1 is 1.45 bits per heavy atom. The van der Waals surface area contributed by atoms with Gasteiger partial charge in [0.25, 0.3) is 0 Å². The number of halogens is 1. The lowest BCUT2D eigenvalue weighted by atomic mass is 9.92. The van der Waals surface area contributed by atoms with E-state index in [1.54, 1.807) is 12.4 Å². The molecule has 3 rings (SSSR count). The zero-order chi connectivity index (χ0) is 15.7. The van der Waals surface area contributed by atoms with Crippen molar-refractivity contribution in [3.63, 3.8) is 0 Å². The van der Waals surface area contributed by atoms with Gasteiger partial charge in [0.2, 0.25) is 0 Å². The molecular formula is C15H22ClN5O. The SMILES string of the molecule is Cn1ccnc1[C@H](O)[C@@H]1CCCN(Cc2c(Cl)cnn2C)C1. The molecule has 0 saturated carbocycles. The van der Waals surface area contributed by atoms with Crippen molar-refractivity contribution in [2.24, 2.45) is 20.0 Å². The summed E-state index contributed by atoms with van der Waals surface area (Å²) in [5, 5.41) is 15.5. The second-order valence-corrected chi connectivity index (χ2v) is 6.45. The quantitative estimate of drug-likeness (QED) is 0.931. The van der Waals surface area contributed by atoms with E-state index in [-0.39, 0.29) is 5.92 Å². The zero-order valence-corrected chi connectivity index (χ0v) is 13.7. The van der Waals surface area contributed by atoms with Crippen LogP contribution in [0.5, 0.6) is 0 Å². The molecule has 2 aromatic heterocycles. The second-order valence-electron chi connectivity index (χ2n) is 6.04. The monoisotopic (exact) mass is 323 g/mol. The number of nitrogens with zero attached hydrogens (tertiary/aromatic N) is 5. The Labute approximate surface area is 135 Å². The van der Waals surface area contributed by atoms with Gasteiger partial charge in [0.05, 0.1) is 16.9 Å². The molecule has 1 aliphatic heterocycles. The minimum absolute atomic E-state index is 0.196. The Morgan fingerprint density at radius 2 is 2.27 bits per heavy atom. The highest BCUT2D eigenvalue weighted by Gasteiger charge is 2.29. The molecule has 6 nitrogen and oxygen atoms in total. The molecule has 1 aliphatic rings. The molecule has 1 N–H and O–H groups in total. The first-order valence-corrected chi connectivity index (χ1v) is 7.98. The number of aryl methyl sites for hydroxylation is 2. The van der Waals surface area contributed by atoms with Crippen molar-refractivity contribution in [3.8, 4) is 0 Å². The largest absolute Gasteiger partial charge is 0.385 e. The third kappa shape index (κ3) is 3.04. The van der Waals surface area contributed by atoms with E-state index in [4.69, 9.17) is 11.6 Å². The highest BCUT2D eigenvalue weighted by molar-refractivity contribution is 6.31. The van der Waals surface area contributed by atoms with Gasteiger partial charge in [0.1, 0.15) is 11.9 Å². The average Bonchev–Trinajstić information content (AvgIpc) is 3.07. The van der Waals surface area contributed by atoms with Crippen molar-refractivity contribution >= 4 is 11.6 Å². The predicted molar refractivity (Wildman–Crippen MR) is 84.4 cm³/mol. The summed E-state index contributed by atoms with van der Waals surface area (Å²) in [5.41, 5.74) is 1.02. The molecule has 7 heteroatoms. The minimum Gasteiger partial charge on any atom is -0.385 e. The molecule has 0 spiro atoms. The average molecular weight is 324 g/mol. The number of aliphatic hydroxyl groups is 1. The second kappa shape index (κ2) is 6.40. The van der Waals surface area contributed by atoms with Gasteiger partial charge in [-0.2, -0.15) is 5.10 Å². The first-order chi connectivity index (χ1) is 10.6. The summed E-state index contributed by atoms with van der Waals surface area (Å²) in [6, 6.07) is 0. The fraction of sp³-hybridized carbons (Fsp3) is 0.600. The van der Waals surface area contributed by atoms with Gasteiger partial charge in [-0.15, -0.1) is 0 Å². The molecule has 0 bridgehead atoms. The van der Waals surface area contributed by atoms with Gasteiger partial charge < -0.3 is 9.67 Å². The Balaban J connectivity index is 1.68. The van der Waals surface area contributed by atoms with E-state index in [0.29, 0.717) is 5.02 Å². The van der Waals surface area contributed by atoms with Gasteiger partial charge in [-0.3, -0.25) is 9.58 Å². The number of hydrogen-bond donors (Lipinski definition) is 1. The molecule has 2 aromatic rings. The lowest BCUT2D eigenvalue weighted by Crippen LogP contribution is -2.38. The molecule has 1 fully saturated rings. The first-order valence-electron chi connectivity index (χ1n) is 7.60. The fourth-order valence-electron chi connectivity index (χ4n) is 3.19. The zero-order valence-electron chi connectivity index (χ0n) is 13.0. The molecule has 0 unspecified atom stereocenters. The minimum atomic E-state index is -0.523. The van der Waals surface area contributed by atoms with Gasteiger partial charge in [0, 0.05) is 45.5 Å². The summed E-state index contributed by atoms with van der Waals surface area (Å²) in [6.07, 6.45) is 6.85. The lowest BCUT2D eigenvalue weighted by Gasteiger charge is -2.34. The normalized spacial score (nSPS) is 21.2. The number of piperidine rings is 1. The van der Waals surface area contributed by atoms with Crippen LogP contribution in [-0.4, -0.2) is 42.4 Å². The van der Waals surface area contributed by atoms with Gasteiger partial charge in [-0.25, -0.2) is 4.98 Å². The van der Waals surface area contributed by atoms with Crippen molar-refractivity contribution in [2.45, 2.75) is 25.5 Å². The van der Waals surface area contributed by atoms with E-state index in [0.717, 1.165) is 44.0 Å². The van der Waals surface area contributed by atoms with Crippen LogP contribution in [0.2, 0.25) is 5.02 Å².